The summed E-state index contributed by atoms with van der Waals surface area (Å²) >= 11 is 0. The van der Waals surface area contributed by atoms with Gasteiger partial charge in [0.15, 0.2) is 0 Å². The van der Waals surface area contributed by atoms with E-state index in [1.165, 1.54) is 105 Å². The van der Waals surface area contributed by atoms with Gasteiger partial charge in [-0.15, -0.1) is 0 Å². The number of hydrogen-bond donors (Lipinski definition) is 0. The number of benzene rings is 7. The van der Waals surface area contributed by atoms with Crippen LogP contribution in [0.5, 0.6) is 0 Å². The maximum absolute atomic E-state index is 2.60. The van der Waals surface area contributed by atoms with Crippen molar-refractivity contribution in [1.82, 2.24) is 4.57 Å². The molecule has 3 aliphatic rings. The molecule has 0 saturated carbocycles. The molecule has 7 aromatic carbocycles. The second-order valence-electron chi connectivity index (χ2n) is 15.0. The monoisotopic (exact) mass is 625 g/mol. The summed E-state index contributed by atoms with van der Waals surface area (Å²) in [5.74, 6) is 0. The van der Waals surface area contributed by atoms with Crippen LogP contribution in [0.2, 0.25) is 0 Å². The Morgan fingerprint density at radius 2 is 1.00 bits per heavy atom. The quantitative estimate of drug-likeness (QED) is 0.171. The van der Waals surface area contributed by atoms with Gasteiger partial charge in [0, 0.05) is 21.8 Å². The van der Waals surface area contributed by atoms with Crippen LogP contribution in [0.15, 0.2) is 140 Å². The second kappa shape index (κ2) is 9.07. The Morgan fingerprint density at radius 3 is 1.73 bits per heavy atom. The zero-order valence-electron chi connectivity index (χ0n) is 28.2. The highest BCUT2D eigenvalue weighted by molar-refractivity contribution is 6.12. The van der Waals surface area contributed by atoms with E-state index in [4.69, 9.17) is 0 Å². The fourth-order valence-corrected chi connectivity index (χ4v) is 10.1. The van der Waals surface area contributed by atoms with Gasteiger partial charge in [0.25, 0.3) is 0 Å². The molecular weight excluding hydrogens is 591 g/mol. The van der Waals surface area contributed by atoms with Crippen LogP contribution in [0.3, 0.4) is 0 Å². The van der Waals surface area contributed by atoms with E-state index < -0.39 is 5.41 Å². The first kappa shape index (κ1) is 27.3. The van der Waals surface area contributed by atoms with Crippen molar-refractivity contribution in [1.29, 1.82) is 0 Å². The molecule has 11 rings (SSSR count). The predicted octanol–water partition coefficient (Wildman–Crippen LogP) is 12.1. The van der Waals surface area contributed by atoms with Gasteiger partial charge >= 0.3 is 0 Å². The summed E-state index contributed by atoms with van der Waals surface area (Å²) in [5, 5.41) is 2.60. The van der Waals surface area contributed by atoms with Crippen molar-refractivity contribution in [2.45, 2.75) is 38.5 Å². The summed E-state index contributed by atoms with van der Waals surface area (Å²) in [7, 11) is 0. The first-order valence-electron chi connectivity index (χ1n) is 17.5. The average Bonchev–Trinajstić information content (AvgIpc) is 3.78. The Labute approximate surface area is 287 Å². The van der Waals surface area contributed by atoms with E-state index in [1.54, 1.807) is 0 Å². The maximum atomic E-state index is 2.60. The van der Waals surface area contributed by atoms with Crippen molar-refractivity contribution < 1.29 is 0 Å². The molecule has 0 N–H and O–H groups in total. The lowest BCUT2D eigenvalue weighted by molar-refractivity contribution is 0.661. The molecule has 49 heavy (non-hydrogen) atoms. The Balaban J connectivity index is 1.32. The molecule has 0 unspecified atom stereocenters. The van der Waals surface area contributed by atoms with Gasteiger partial charge in [-0.2, -0.15) is 0 Å². The lowest BCUT2D eigenvalue weighted by Gasteiger charge is -2.33. The van der Waals surface area contributed by atoms with Crippen molar-refractivity contribution in [3.05, 3.63) is 184 Å². The molecule has 0 saturated heterocycles. The third-order valence-electron chi connectivity index (χ3n) is 12.1. The van der Waals surface area contributed by atoms with E-state index in [0.717, 1.165) is 0 Å². The number of fused-ring (bicyclic) bond motifs is 16. The van der Waals surface area contributed by atoms with Gasteiger partial charge < -0.3 is 4.57 Å². The number of rotatable bonds is 1. The second-order valence-corrected chi connectivity index (χ2v) is 15.0. The molecule has 1 heteroatoms. The first-order valence-corrected chi connectivity index (χ1v) is 17.5. The Hall–Kier alpha value is -5.66. The number of hydrogen-bond acceptors (Lipinski definition) is 0. The SMILES string of the molecule is Cc1ccc2c(c1)C1(c3cc(C)ccc3-2)c2ccccc2-c2cccc(-n3c4ccccc4c4cc5c(cc43)C(C)(C)c3ccccc3-5)c21. The van der Waals surface area contributed by atoms with E-state index in [1.807, 2.05) is 0 Å². The van der Waals surface area contributed by atoms with E-state index in [-0.39, 0.29) is 5.41 Å². The molecule has 1 spiro atoms. The highest BCUT2D eigenvalue weighted by Gasteiger charge is 2.53. The van der Waals surface area contributed by atoms with Gasteiger partial charge in [-0.3, -0.25) is 0 Å². The molecule has 0 fully saturated rings. The van der Waals surface area contributed by atoms with E-state index >= 15 is 0 Å². The normalized spacial score (nSPS) is 15.3. The minimum absolute atomic E-state index is 0.0874. The van der Waals surface area contributed by atoms with E-state index in [0.29, 0.717) is 0 Å². The van der Waals surface area contributed by atoms with Crippen molar-refractivity contribution in [2.75, 3.05) is 0 Å². The number of aryl methyl sites for hydroxylation is 2. The Bertz CT molecular complexity index is 2720. The minimum atomic E-state index is -0.435. The van der Waals surface area contributed by atoms with E-state index in [2.05, 4.69) is 172 Å². The molecular formula is C48H35N. The molecule has 0 radical (unpaired) electrons. The highest BCUT2D eigenvalue weighted by atomic mass is 15.0. The minimum Gasteiger partial charge on any atom is -0.309 e. The standard InChI is InChI=1S/C48H35N/c1-28-20-22-32-33-23-21-29(2)25-42(33)48(41(32)24-28)39-17-9-6-12-30(39)35-15-11-19-44(46(35)48)49-43-18-10-7-14-34(43)37-26-36-31-13-5-8-16-38(31)47(3,4)40(36)27-45(37)49/h5-27H,1-4H3. The molecule has 232 valence electrons. The topological polar surface area (TPSA) is 4.93 Å². The van der Waals surface area contributed by atoms with Gasteiger partial charge in [0.2, 0.25) is 0 Å². The molecule has 1 aromatic heterocycles. The van der Waals surface area contributed by atoms with Crippen LogP contribution < -0.4 is 0 Å². The maximum Gasteiger partial charge on any atom is 0.0746 e. The first-order chi connectivity index (χ1) is 23.9. The fourth-order valence-electron chi connectivity index (χ4n) is 10.1. The molecule has 1 nitrogen and oxygen atoms in total. The predicted molar refractivity (Wildman–Crippen MR) is 204 cm³/mol. The average molecular weight is 626 g/mol. The van der Waals surface area contributed by atoms with Crippen molar-refractivity contribution in [3.8, 4) is 39.1 Å². The summed E-state index contributed by atoms with van der Waals surface area (Å²) in [4.78, 5) is 0. The summed E-state index contributed by atoms with van der Waals surface area (Å²) < 4.78 is 2.60. The zero-order valence-corrected chi connectivity index (χ0v) is 28.2. The van der Waals surface area contributed by atoms with Gasteiger partial charge in [-0.1, -0.05) is 140 Å². The molecule has 1 heterocycles. The smallest absolute Gasteiger partial charge is 0.0746 e. The number of para-hydroxylation sites is 1. The highest BCUT2D eigenvalue weighted by Crippen LogP contribution is 2.64. The lowest BCUT2D eigenvalue weighted by atomic mass is 9.69. The van der Waals surface area contributed by atoms with Crippen LogP contribution in [0.1, 0.15) is 58.4 Å². The van der Waals surface area contributed by atoms with Crippen molar-refractivity contribution >= 4 is 21.8 Å². The lowest BCUT2D eigenvalue weighted by Crippen LogP contribution is -2.27. The summed E-state index contributed by atoms with van der Waals surface area (Å²) in [6, 6.07) is 53.4. The molecule has 3 aliphatic carbocycles. The third-order valence-corrected chi connectivity index (χ3v) is 12.1. The van der Waals surface area contributed by atoms with Gasteiger partial charge in [0.1, 0.15) is 0 Å². The summed E-state index contributed by atoms with van der Waals surface area (Å²) in [5.41, 5.74) is 22.3. The van der Waals surface area contributed by atoms with E-state index in [9.17, 15) is 0 Å². The molecule has 0 bridgehead atoms. The molecule has 0 aliphatic heterocycles. The van der Waals surface area contributed by atoms with Gasteiger partial charge in [-0.25, -0.2) is 0 Å². The van der Waals surface area contributed by atoms with Crippen LogP contribution in [-0.4, -0.2) is 4.57 Å². The van der Waals surface area contributed by atoms with Crippen LogP contribution in [0, 0.1) is 13.8 Å². The summed E-state index contributed by atoms with van der Waals surface area (Å²) in [6.45, 7) is 9.26. The number of nitrogens with zero attached hydrogens (tertiary/aromatic N) is 1. The van der Waals surface area contributed by atoms with Crippen LogP contribution in [-0.2, 0) is 10.8 Å². The molecule has 8 aromatic rings. The van der Waals surface area contributed by atoms with Crippen molar-refractivity contribution in [3.63, 3.8) is 0 Å². The van der Waals surface area contributed by atoms with Gasteiger partial charge in [-0.05, 0) is 99.3 Å². The van der Waals surface area contributed by atoms with Gasteiger partial charge in [0.05, 0.1) is 22.1 Å². The van der Waals surface area contributed by atoms with Crippen LogP contribution >= 0.6 is 0 Å². The third kappa shape index (κ3) is 3.17. The zero-order chi connectivity index (χ0) is 32.8. The molecule has 0 amide bonds. The Morgan fingerprint density at radius 1 is 0.408 bits per heavy atom. The largest absolute Gasteiger partial charge is 0.309 e. The van der Waals surface area contributed by atoms with Crippen molar-refractivity contribution in [2.24, 2.45) is 0 Å². The summed E-state index contributed by atoms with van der Waals surface area (Å²) in [6.07, 6.45) is 0. The van der Waals surface area contributed by atoms with Crippen LogP contribution in [0.25, 0.3) is 60.9 Å². The fraction of sp³-hybridized carbons (Fsp3) is 0.125. The number of aromatic nitrogens is 1. The Kier molecular flexibility index (Phi) is 5.05. The van der Waals surface area contributed by atoms with Crippen LogP contribution in [0.4, 0.5) is 0 Å². The molecule has 0 atom stereocenters.